The highest BCUT2D eigenvalue weighted by molar-refractivity contribution is 9.10. The topological polar surface area (TPSA) is 30.5 Å². The molecule has 0 aliphatic heterocycles. The van der Waals surface area contributed by atoms with E-state index in [1.165, 1.54) is 5.56 Å². The molecule has 4 heteroatoms. The first-order valence-corrected chi connectivity index (χ1v) is 7.21. The first kappa shape index (κ1) is 14.9. The van der Waals surface area contributed by atoms with Crippen molar-refractivity contribution in [1.29, 1.82) is 0 Å². The zero-order valence-corrected chi connectivity index (χ0v) is 13.2. The maximum Gasteiger partial charge on any atom is 0.125 e. The number of ether oxygens (including phenoxy) is 2. The lowest BCUT2D eigenvalue weighted by Gasteiger charge is -2.11. The Kier molecular flexibility index (Phi) is 5.44. The van der Waals surface area contributed by atoms with E-state index >= 15 is 0 Å². The van der Waals surface area contributed by atoms with Gasteiger partial charge in [0.15, 0.2) is 0 Å². The van der Waals surface area contributed by atoms with Crippen LogP contribution in [-0.2, 0) is 13.2 Å². The third-order valence-corrected chi connectivity index (χ3v) is 3.43. The molecule has 0 fully saturated rings. The summed E-state index contributed by atoms with van der Waals surface area (Å²) in [5.41, 5.74) is 2.25. The highest BCUT2D eigenvalue weighted by Crippen LogP contribution is 2.24. The predicted molar refractivity (Wildman–Crippen MR) is 84.2 cm³/mol. The van der Waals surface area contributed by atoms with Gasteiger partial charge in [-0.1, -0.05) is 28.1 Å². The van der Waals surface area contributed by atoms with Gasteiger partial charge in [-0.25, -0.2) is 0 Å². The summed E-state index contributed by atoms with van der Waals surface area (Å²) >= 11 is 3.46. The van der Waals surface area contributed by atoms with E-state index in [2.05, 4.69) is 33.4 Å². The molecule has 1 N–H and O–H groups in total. The van der Waals surface area contributed by atoms with Crippen LogP contribution in [-0.4, -0.2) is 14.2 Å². The lowest BCUT2D eigenvalue weighted by atomic mass is 10.2. The summed E-state index contributed by atoms with van der Waals surface area (Å²) in [6.07, 6.45) is 0. The van der Waals surface area contributed by atoms with Gasteiger partial charge in [0.2, 0.25) is 0 Å². The van der Waals surface area contributed by atoms with Crippen molar-refractivity contribution in [2.75, 3.05) is 14.2 Å². The number of hydrogen-bond donors (Lipinski definition) is 1. The second-order valence-corrected chi connectivity index (χ2v) is 5.33. The van der Waals surface area contributed by atoms with Crippen molar-refractivity contribution in [2.24, 2.45) is 0 Å². The standard InChI is InChI=1S/C16H18BrNO2/c1-18-10-12-3-6-15(7-4-12)20-11-13-9-14(17)5-8-16(13)19-2/h3-9,18H,10-11H2,1-2H3. The molecule has 0 heterocycles. The van der Waals surface area contributed by atoms with E-state index in [-0.39, 0.29) is 0 Å². The summed E-state index contributed by atoms with van der Waals surface area (Å²) in [4.78, 5) is 0. The average Bonchev–Trinajstić information content (AvgIpc) is 2.47. The quantitative estimate of drug-likeness (QED) is 0.871. The Morgan fingerprint density at radius 3 is 2.50 bits per heavy atom. The monoisotopic (exact) mass is 335 g/mol. The predicted octanol–water partition coefficient (Wildman–Crippen LogP) is 3.76. The van der Waals surface area contributed by atoms with Gasteiger partial charge in [0.25, 0.3) is 0 Å². The fourth-order valence-corrected chi connectivity index (χ4v) is 2.34. The molecule has 2 rings (SSSR count). The molecule has 2 aromatic carbocycles. The SMILES string of the molecule is CNCc1ccc(OCc2cc(Br)ccc2OC)cc1. The number of benzene rings is 2. The van der Waals surface area contributed by atoms with E-state index in [0.29, 0.717) is 6.61 Å². The van der Waals surface area contributed by atoms with Gasteiger partial charge in [-0.3, -0.25) is 0 Å². The molecule has 2 aromatic rings. The van der Waals surface area contributed by atoms with Crippen LogP contribution < -0.4 is 14.8 Å². The molecule has 0 spiro atoms. The fraction of sp³-hybridized carbons (Fsp3) is 0.250. The Bertz CT molecular complexity index is 555. The molecule has 0 bridgehead atoms. The van der Waals surface area contributed by atoms with E-state index in [1.807, 2.05) is 37.4 Å². The van der Waals surface area contributed by atoms with Crippen molar-refractivity contribution in [3.63, 3.8) is 0 Å². The Balaban J connectivity index is 2.02. The molecule has 0 saturated carbocycles. The van der Waals surface area contributed by atoms with E-state index < -0.39 is 0 Å². The van der Waals surface area contributed by atoms with Crippen molar-refractivity contribution in [1.82, 2.24) is 5.32 Å². The second kappa shape index (κ2) is 7.31. The molecule has 106 valence electrons. The lowest BCUT2D eigenvalue weighted by Crippen LogP contribution is -2.04. The molecule has 20 heavy (non-hydrogen) atoms. The fourth-order valence-electron chi connectivity index (χ4n) is 1.93. The smallest absolute Gasteiger partial charge is 0.125 e. The van der Waals surface area contributed by atoms with Gasteiger partial charge >= 0.3 is 0 Å². The molecule has 0 atom stereocenters. The molecule has 0 saturated heterocycles. The van der Waals surface area contributed by atoms with Gasteiger partial charge in [-0.2, -0.15) is 0 Å². The van der Waals surface area contributed by atoms with Gasteiger partial charge in [-0.05, 0) is 42.9 Å². The Labute approximate surface area is 128 Å². The first-order chi connectivity index (χ1) is 9.72. The number of rotatable bonds is 6. The second-order valence-electron chi connectivity index (χ2n) is 4.42. The molecule has 3 nitrogen and oxygen atoms in total. The minimum absolute atomic E-state index is 0.480. The number of methoxy groups -OCH3 is 1. The van der Waals surface area contributed by atoms with Crippen LogP contribution in [0.25, 0.3) is 0 Å². The van der Waals surface area contributed by atoms with Crippen LogP contribution in [0.2, 0.25) is 0 Å². The van der Waals surface area contributed by atoms with Crippen LogP contribution in [0.3, 0.4) is 0 Å². The molecule has 0 aliphatic carbocycles. The maximum atomic E-state index is 5.80. The van der Waals surface area contributed by atoms with Gasteiger partial charge in [-0.15, -0.1) is 0 Å². The molecular weight excluding hydrogens is 318 g/mol. The molecule has 0 amide bonds. The van der Waals surface area contributed by atoms with Crippen molar-refractivity contribution in [2.45, 2.75) is 13.2 Å². The van der Waals surface area contributed by atoms with E-state index in [1.54, 1.807) is 7.11 Å². The van der Waals surface area contributed by atoms with Crippen LogP contribution in [0.5, 0.6) is 11.5 Å². The molecule has 0 aliphatic rings. The number of nitrogens with one attached hydrogen (secondary N) is 1. The minimum atomic E-state index is 0.480. The van der Waals surface area contributed by atoms with E-state index in [9.17, 15) is 0 Å². The zero-order valence-electron chi connectivity index (χ0n) is 11.7. The highest BCUT2D eigenvalue weighted by Gasteiger charge is 2.05. The summed E-state index contributed by atoms with van der Waals surface area (Å²) in [5, 5.41) is 3.12. The molecule has 0 unspecified atom stereocenters. The Morgan fingerprint density at radius 1 is 1.10 bits per heavy atom. The van der Waals surface area contributed by atoms with Crippen molar-refractivity contribution >= 4 is 15.9 Å². The maximum absolute atomic E-state index is 5.80. The van der Waals surface area contributed by atoms with Gasteiger partial charge in [0, 0.05) is 16.6 Å². The van der Waals surface area contributed by atoms with Crippen LogP contribution in [0, 0.1) is 0 Å². The van der Waals surface area contributed by atoms with E-state index in [0.717, 1.165) is 28.1 Å². The summed E-state index contributed by atoms with van der Waals surface area (Å²) in [6.45, 7) is 1.34. The normalized spacial score (nSPS) is 10.3. The van der Waals surface area contributed by atoms with Crippen LogP contribution in [0.4, 0.5) is 0 Å². The average molecular weight is 336 g/mol. The van der Waals surface area contributed by atoms with Crippen LogP contribution in [0.1, 0.15) is 11.1 Å². The summed E-state index contributed by atoms with van der Waals surface area (Å²) in [6, 6.07) is 14.0. The number of halogens is 1. The minimum Gasteiger partial charge on any atom is -0.496 e. The lowest BCUT2D eigenvalue weighted by molar-refractivity contribution is 0.296. The first-order valence-electron chi connectivity index (χ1n) is 6.41. The third-order valence-electron chi connectivity index (χ3n) is 2.94. The Hall–Kier alpha value is -1.52. The van der Waals surface area contributed by atoms with Crippen LogP contribution >= 0.6 is 15.9 Å². The third kappa shape index (κ3) is 3.99. The molecular formula is C16H18BrNO2. The summed E-state index contributed by atoms with van der Waals surface area (Å²) < 4.78 is 12.1. The summed E-state index contributed by atoms with van der Waals surface area (Å²) in [5.74, 6) is 1.69. The highest BCUT2D eigenvalue weighted by atomic mass is 79.9. The van der Waals surface area contributed by atoms with Gasteiger partial charge in [0.1, 0.15) is 18.1 Å². The summed E-state index contributed by atoms with van der Waals surface area (Å²) in [7, 11) is 3.60. The van der Waals surface area contributed by atoms with Crippen molar-refractivity contribution in [3.8, 4) is 11.5 Å². The molecule has 0 radical (unpaired) electrons. The van der Waals surface area contributed by atoms with Crippen LogP contribution in [0.15, 0.2) is 46.9 Å². The van der Waals surface area contributed by atoms with E-state index in [4.69, 9.17) is 9.47 Å². The largest absolute Gasteiger partial charge is 0.496 e. The van der Waals surface area contributed by atoms with Gasteiger partial charge < -0.3 is 14.8 Å². The molecule has 0 aromatic heterocycles. The van der Waals surface area contributed by atoms with Gasteiger partial charge in [0.05, 0.1) is 7.11 Å². The zero-order chi connectivity index (χ0) is 14.4. The van der Waals surface area contributed by atoms with Crippen molar-refractivity contribution in [3.05, 3.63) is 58.1 Å². The Morgan fingerprint density at radius 2 is 1.85 bits per heavy atom. The van der Waals surface area contributed by atoms with Crippen molar-refractivity contribution < 1.29 is 9.47 Å². The number of hydrogen-bond acceptors (Lipinski definition) is 3.